The van der Waals surface area contributed by atoms with Gasteiger partial charge in [-0.1, -0.05) is 19.1 Å². The predicted octanol–water partition coefficient (Wildman–Crippen LogP) is 1.54. The summed E-state index contributed by atoms with van der Waals surface area (Å²) < 4.78 is 23.0. The third kappa shape index (κ3) is 3.32. The molecule has 0 saturated heterocycles. The normalized spacial score (nSPS) is 12.0. The monoisotopic (exact) mass is 227 g/mol. The van der Waals surface area contributed by atoms with Crippen molar-refractivity contribution in [1.82, 2.24) is 4.90 Å². The molecule has 15 heavy (non-hydrogen) atoms. The lowest BCUT2D eigenvalue weighted by Crippen LogP contribution is -2.11. The van der Waals surface area contributed by atoms with Crippen LogP contribution in [0, 0.1) is 0 Å². The van der Waals surface area contributed by atoms with Gasteiger partial charge < -0.3 is 4.90 Å². The van der Waals surface area contributed by atoms with E-state index in [0.29, 0.717) is 4.90 Å². The fourth-order valence-corrected chi connectivity index (χ4v) is 2.22. The van der Waals surface area contributed by atoms with Crippen LogP contribution in [0.25, 0.3) is 0 Å². The van der Waals surface area contributed by atoms with Crippen LogP contribution in [0.3, 0.4) is 0 Å². The van der Waals surface area contributed by atoms with Crippen LogP contribution in [-0.4, -0.2) is 33.2 Å². The zero-order valence-electron chi connectivity index (χ0n) is 9.40. The highest BCUT2D eigenvalue weighted by Crippen LogP contribution is 2.12. The standard InChI is InChI=1S/C11H17NO2S/c1-4-15(13,14)11-7-5-10(6-8-11)9-12(2)3/h5-8H,4,9H2,1-3H3. The Morgan fingerprint density at radius 2 is 1.67 bits per heavy atom. The lowest BCUT2D eigenvalue weighted by molar-refractivity contribution is 0.402. The van der Waals surface area contributed by atoms with Crippen LogP contribution >= 0.6 is 0 Å². The first-order valence-electron chi connectivity index (χ1n) is 4.92. The molecule has 84 valence electrons. The maximum absolute atomic E-state index is 11.5. The highest BCUT2D eigenvalue weighted by molar-refractivity contribution is 7.91. The van der Waals surface area contributed by atoms with Crippen molar-refractivity contribution in [3.8, 4) is 0 Å². The van der Waals surface area contributed by atoms with Gasteiger partial charge in [0.1, 0.15) is 0 Å². The van der Waals surface area contributed by atoms with Crippen LogP contribution in [0.15, 0.2) is 29.2 Å². The molecule has 0 radical (unpaired) electrons. The summed E-state index contributed by atoms with van der Waals surface area (Å²) in [5.41, 5.74) is 1.12. The molecule has 0 N–H and O–H groups in total. The van der Waals surface area contributed by atoms with Crippen molar-refractivity contribution in [3.63, 3.8) is 0 Å². The molecular formula is C11H17NO2S. The van der Waals surface area contributed by atoms with E-state index in [2.05, 4.69) is 0 Å². The molecule has 0 fully saturated rings. The van der Waals surface area contributed by atoms with Crippen LogP contribution in [0.2, 0.25) is 0 Å². The third-order valence-electron chi connectivity index (χ3n) is 2.16. The molecule has 0 aliphatic carbocycles. The summed E-state index contributed by atoms with van der Waals surface area (Å²) in [4.78, 5) is 2.45. The summed E-state index contributed by atoms with van der Waals surface area (Å²) in [6.45, 7) is 2.48. The molecule has 1 rings (SSSR count). The van der Waals surface area contributed by atoms with Crippen LogP contribution < -0.4 is 0 Å². The predicted molar refractivity (Wildman–Crippen MR) is 61.6 cm³/mol. The van der Waals surface area contributed by atoms with E-state index >= 15 is 0 Å². The first-order chi connectivity index (χ1) is 6.95. The molecule has 0 aliphatic rings. The average Bonchev–Trinajstić information content (AvgIpc) is 2.18. The third-order valence-corrected chi connectivity index (χ3v) is 3.91. The Hall–Kier alpha value is -0.870. The van der Waals surface area contributed by atoms with Gasteiger partial charge in [-0.2, -0.15) is 0 Å². The van der Waals surface area contributed by atoms with Gasteiger partial charge >= 0.3 is 0 Å². The van der Waals surface area contributed by atoms with Gasteiger partial charge in [-0.05, 0) is 31.8 Å². The molecule has 0 heterocycles. The van der Waals surface area contributed by atoms with Crippen LogP contribution in [0.1, 0.15) is 12.5 Å². The summed E-state index contributed by atoms with van der Waals surface area (Å²) in [5, 5.41) is 0. The molecule has 4 heteroatoms. The molecule has 0 bridgehead atoms. The van der Waals surface area contributed by atoms with E-state index in [4.69, 9.17) is 0 Å². The van der Waals surface area contributed by atoms with E-state index in [1.807, 2.05) is 31.1 Å². The molecule has 0 atom stereocenters. The minimum absolute atomic E-state index is 0.153. The van der Waals surface area contributed by atoms with Gasteiger partial charge in [0.25, 0.3) is 0 Å². The van der Waals surface area contributed by atoms with Crippen molar-refractivity contribution < 1.29 is 8.42 Å². The summed E-state index contributed by atoms with van der Waals surface area (Å²) >= 11 is 0. The lowest BCUT2D eigenvalue weighted by atomic mass is 10.2. The van der Waals surface area contributed by atoms with Gasteiger partial charge in [-0.25, -0.2) is 8.42 Å². The highest BCUT2D eigenvalue weighted by Gasteiger charge is 2.10. The fourth-order valence-electron chi connectivity index (χ4n) is 1.33. The van der Waals surface area contributed by atoms with Gasteiger partial charge in [0.15, 0.2) is 9.84 Å². The fraction of sp³-hybridized carbons (Fsp3) is 0.455. The van der Waals surface area contributed by atoms with E-state index in [1.165, 1.54) is 0 Å². The number of rotatable bonds is 4. The van der Waals surface area contributed by atoms with E-state index in [0.717, 1.165) is 12.1 Å². The molecule has 0 amide bonds. The second-order valence-electron chi connectivity index (χ2n) is 3.79. The molecule has 0 aromatic heterocycles. The molecular weight excluding hydrogens is 210 g/mol. The maximum Gasteiger partial charge on any atom is 0.178 e. The largest absolute Gasteiger partial charge is 0.305 e. The number of hydrogen-bond acceptors (Lipinski definition) is 3. The van der Waals surface area contributed by atoms with E-state index in [1.54, 1.807) is 19.1 Å². The zero-order valence-corrected chi connectivity index (χ0v) is 10.2. The van der Waals surface area contributed by atoms with Crippen molar-refractivity contribution in [3.05, 3.63) is 29.8 Å². The number of benzene rings is 1. The second kappa shape index (κ2) is 4.77. The minimum atomic E-state index is -3.06. The SMILES string of the molecule is CCS(=O)(=O)c1ccc(CN(C)C)cc1. The van der Waals surface area contributed by atoms with E-state index in [-0.39, 0.29) is 5.75 Å². The summed E-state index contributed by atoms with van der Waals surface area (Å²) in [6.07, 6.45) is 0. The van der Waals surface area contributed by atoms with Gasteiger partial charge in [-0.3, -0.25) is 0 Å². The Balaban J connectivity index is 2.91. The topological polar surface area (TPSA) is 37.4 Å². The second-order valence-corrected chi connectivity index (χ2v) is 6.06. The molecule has 0 aliphatic heterocycles. The summed E-state index contributed by atoms with van der Waals surface area (Å²) in [5.74, 6) is 0.153. The Morgan fingerprint density at radius 3 is 2.07 bits per heavy atom. The molecule has 1 aromatic rings. The number of nitrogens with zero attached hydrogens (tertiary/aromatic N) is 1. The average molecular weight is 227 g/mol. The Bertz CT molecular complexity index is 407. The van der Waals surface area contributed by atoms with Gasteiger partial charge in [0.2, 0.25) is 0 Å². The van der Waals surface area contributed by atoms with Crippen LogP contribution in [0.4, 0.5) is 0 Å². The van der Waals surface area contributed by atoms with Crippen LogP contribution in [0.5, 0.6) is 0 Å². The first kappa shape index (κ1) is 12.2. The van der Waals surface area contributed by atoms with Gasteiger partial charge in [-0.15, -0.1) is 0 Å². The Kier molecular flexibility index (Phi) is 3.88. The number of sulfone groups is 1. The molecule has 0 unspecified atom stereocenters. The lowest BCUT2D eigenvalue weighted by Gasteiger charge is -2.09. The molecule has 0 saturated carbocycles. The summed E-state index contributed by atoms with van der Waals surface area (Å²) in [6, 6.07) is 7.08. The van der Waals surface area contributed by atoms with Crippen LogP contribution in [-0.2, 0) is 16.4 Å². The zero-order chi connectivity index (χ0) is 11.5. The Labute approximate surface area is 91.6 Å². The van der Waals surface area contributed by atoms with E-state index < -0.39 is 9.84 Å². The highest BCUT2D eigenvalue weighted by atomic mass is 32.2. The van der Waals surface area contributed by atoms with Crippen molar-refractivity contribution in [2.75, 3.05) is 19.8 Å². The summed E-state index contributed by atoms with van der Waals surface area (Å²) in [7, 11) is 0.909. The van der Waals surface area contributed by atoms with Crippen molar-refractivity contribution in [2.45, 2.75) is 18.4 Å². The first-order valence-corrected chi connectivity index (χ1v) is 6.57. The van der Waals surface area contributed by atoms with Gasteiger partial charge in [0.05, 0.1) is 10.6 Å². The quantitative estimate of drug-likeness (QED) is 0.783. The minimum Gasteiger partial charge on any atom is -0.305 e. The number of hydrogen-bond donors (Lipinski definition) is 0. The maximum atomic E-state index is 11.5. The molecule has 3 nitrogen and oxygen atoms in total. The van der Waals surface area contributed by atoms with Crippen molar-refractivity contribution in [1.29, 1.82) is 0 Å². The van der Waals surface area contributed by atoms with Crippen molar-refractivity contribution in [2.24, 2.45) is 0 Å². The molecule has 1 aromatic carbocycles. The Morgan fingerprint density at radius 1 is 1.13 bits per heavy atom. The van der Waals surface area contributed by atoms with Crippen molar-refractivity contribution >= 4 is 9.84 Å². The molecule has 0 spiro atoms. The smallest absolute Gasteiger partial charge is 0.178 e. The van der Waals surface area contributed by atoms with Gasteiger partial charge in [0, 0.05) is 6.54 Å². The van der Waals surface area contributed by atoms with E-state index in [9.17, 15) is 8.42 Å².